The highest BCUT2D eigenvalue weighted by atomic mass is 32.2. The fourth-order valence-corrected chi connectivity index (χ4v) is 5.22. The number of nitriles is 1. The van der Waals surface area contributed by atoms with E-state index in [9.17, 15) is 13.7 Å². The van der Waals surface area contributed by atoms with Crippen LogP contribution in [-0.4, -0.2) is 24.4 Å². The lowest BCUT2D eigenvalue weighted by Gasteiger charge is -2.32. The quantitative estimate of drug-likeness (QED) is 0.758. The van der Waals surface area contributed by atoms with E-state index in [1.165, 1.54) is 10.2 Å². The SMILES string of the molecule is CS(=O)(=O)n1c2c(c3ccccc31)C(=N)[C@@](C#N)(Cc1ccccc1)CC2. The van der Waals surface area contributed by atoms with Gasteiger partial charge in [0.15, 0.2) is 0 Å². The van der Waals surface area contributed by atoms with Gasteiger partial charge in [0.25, 0.3) is 0 Å². The van der Waals surface area contributed by atoms with E-state index >= 15 is 0 Å². The third-order valence-corrected chi connectivity index (χ3v) is 6.42. The maximum absolute atomic E-state index is 12.4. The van der Waals surface area contributed by atoms with Gasteiger partial charge in [-0.05, 0) is 30.9 Å². The molecule has 1 aromatic heterocycles. The number of hydrogen-bond acceptors (Lipinski definition) is 4. The molecule has 1 aliphatic rings. The van der Waals surface area contributed by atoms with Gasteiger partial charge in [0, 0.05) is 16.6 Å². The number of fused-ring (bicyclic) bond motifs is 3. The molecule has 1 aliphatic carbocycles. The van der Waals surface area contributed by atoms with Crippen LogP contribution in [0.25, 0.3) is 10.9 Å². The zero-order chi connectivity index (χ0) is 19.2. The smallest absolute Gasteiger partial charge is 0.236 e. The second-order valence-electron chi connectivity index (χ2n) is 7.10. The number of nitrogens with one attached hydrogen (secondary N) is 1. The van der Waals surface area contributed by atoms with Gasteiger partial charge in [0.2, 0.25) is 10.0 Å². The maximum atomic E-state index is 12.4. The predicted octanol–water partition coefficient (Wildman–Crippen LogP) is 3.52. The Bertz CT molecular complexity index is 1200. The average molecular weight is 377 g/mol. The molecule has 0 saturated heterocycles. The van der Waals surface area contributed by atoms with Crippen LogP contribution in [0.4, 0.5) is 0 Å². The Labute approximate surface area is 158 Å². The number of rotatable bonds is 3. The molecule has 0 aliphatic heterocycles. The molecule has 0 bridgehead atoms. The first-order valence-electron chi connectivity index (χ1n) is 8.75. The Morgan fingerprint density at radius 1 is 1.15 bits per heavy atom. The molecule has 0 unspecified atom stereocenters. The summed E-state index contributed by atoms with van der Waals surface area (Å²) in [4.78, 5) is 0. The Hall–Kier alpha value is -2.91. The summed E-state index contributed by atoms with van der Waals surface area (Å²) in [7, 11) is -3.52. The maximum Gasteiger partial charge on any atom is 0.236 e. The van der Waals surface area contributed by atoms with Gasteiger partial charge in [-0.15, -0.1) is 0 Å². The van der Waals surface area contributed by atoms with Crippen LogP contribution in [0.3, 0.4) is 0 Å². The van der Waals surface area contributed by atoms with Crippen LogP contribution in [0.1, 0.15) is 23.2 Å². The molecule has 6 heteroatoms. The topological polar surface area (TPSA) is 86.7 Å². The average Bonchev–Trinajstić information content (AvgIpc) is 3.00. The molecule has 5 nitrogen and oxygen atoms in total. The van der Waals surface area contributed by atoms with Crippen molar-refractivity contribution < 1.29 is 8.42 Å². The lowest BCUT2D eigenvalue weighted by atomic mass is 9.69. The molecular formula is C21H19N3O2S. The summed E-state index contributed by atoms with van der Waals surface area (Å²) in [5, 5.41) is 19.6. The summed E-state index contributed by atoms with van der Waals surface area (Å²) < 4.78 is 26.2. The second kappa shape index (κ2) is 6.07. The van der Waals surface area contributed by atoms with E-state index in [4.69, 9.17) is 5.41 Å². The van der Waals surface area contributed by atoms with Gasteiger partial charge in [-0.1, -0.05) is 48.5 Å². The van der Waals surface area contributed by atoms with Crippen LogP contribution in [0.2, 0.25) is 0 Å². The van der Waals surface area contributed by atoms with Gasteiger partial charge < -0.3 is 5.41 Å². The van der Waals surface area contributed by atoms with E-state index < -0.39 is 15.4 Å². The third-order valence-electron chi connectivity index (χ3n) is 5.34. The van der Waals surface area contributed by atoms with Gasteiger partial charge in [-0.2, -0.15) is 5.26 Å². The number of hydrogen-bond donors (Lipinski definition) is 1. The van der Waals surface area contributed by atoms with Crippen LogP contribution in [-0.2, 0) is 22.9 Å². The van der Waals surface area contributed by atoms with E-state index in [1.54, 1.807) is 12.1 Å². The van der Waals surface area contributed by atoms with E-state index in [0.29, 0.717) is 36.0 Å². The minimum absolute atomic E-state index is 0.216. The summed E-state index contributed by atoms with van der Waals surface area (Å²) in [6.07, 6.45) is 2.50. The first-order chi connectivity index (χ1) is 12.9. The molecule has 3 aromatic rings. The molecular weight excluding hydrogens is 358 g/mol. The van der Waals surface area contributed by atoms with Crippen molar-refractivity contribution >= 4 is 26.6 Å². The van der Waals surface area contributed by atoms with Gasteiger partial charge in [0.1, 0.15) is 5.41 Å². The zero-order valence-electron chi connectivity index (χ0n) is 14.9. The van der Waals surface area contributed by atoms with Gasteiger partial charge in [-0.3, -0.25) is 0 Å². The number of para-hydroxylation sites is 1. The van der Waals surface area contributed by atoms with Crippen LogP contribution in [0.5, 0.6) is 0 Å². The molecule has 4 rings (SSSR count). The number of benzene rings is 2. The Balaban J connectivity index is 1.94. The van der Waals surface area contributed by atoms with Crippen molar-refractivity contribution in [2.24, 2.45) is 5.41 Å². The Morgan fingerprint density at radius 2 is 1.81 bits per heavy atom. The molecule has 0 spiro atoms. The molecule has 1 atom stereocenters. The first-order valence-corrected chi connectivity index (χ1v) is 10.6. The minimum Gasteiger partial charge on any atom is -0.303 e. The van der Waals surface area contributed by atoms with Crippen molar-refractivity contribution in [3.05, 3.63) is 71.4 Å². The number of aromatic nitrogens is 1. The summed E-state index contributed by atoms with van der Waals surface area (Å²) in [6, 6.07) is 19.3. The molecule has 0 fully saturated rings. The van der Waals surface area contributed by atoms with Crippen molar-refractivity contribution in [1.29, 1.82) is 10.7 Å². The fraction of sp³-hybridized carbons (Fsp3) is 0.238. The molecule has 0 saturated carbocycles. The highest BCUT2D eigenvalue weighted by Crippen LogP contribution is 2.42. The van der Waals surface area contributed by atoms with E-state index in [1.807, 2.05) is 42.5 Å². The molecule has 0 amide bonds. The molecule has 1 N–H and O–H groups in total. The Morgan fingerprint density at radius 3 is 2.48 bits per heavy atom. The van der Waals surface area contributed by atoms with E-state index in [0.717, 1.165) is 10.9 Å². The summed E-state index contributed by atoms with van der Waals surface area (Å²) >= 11 is 0. The van der Waals surface area contributed by atoms with Gasteiger partial charge in [-0.25, -0.2) is 12.4 Å². The van der Waals surface area contributed by atoms with E-state index in [-0.39, 0.29) is 5.71 Å². The van der Waals surface area contributed by atoms with Crippen LogP contribution in [0, 0.1) is 22.2 Å². The second-order valence-corrected chi connectivity index (χ2v) is 8.93. The van der Waals surface area contributed by atoms with Crippen LogP contribution >= 0.6 is 0 Å². The summed E-state index contributed by atoms with van der Waals surface area (Å²) in [6.45, 7) is 0. The molecule has 136 valence electrons. The molecule has 2 aromatic carbocycles. The molecule has 27 heavy (non-hydrogen) atoms. The molecule has 0 radical (unpaired) electrons. The predicted molar refractivity (Wildman–Crippen MR) is 106 cm³/mol. The van der Waals surface area contributed by atoms with Crippen molar-refractivity contribution in [2.45, 2.75) is 19.3 Å². The summed E-state index contributed by atoms with van der Waals surface area (Å²) in [5.74, 6) is 0. The minimum atomic E-state index is -3.52. The fourth-order valence-electron chi connectivity index (χ4n) is 4.12. The van der Waals surface area contributed by atoms with Crippen molar-refractivity contribution in [3.63, 3.8) is 0 Å². The highest BCUT2D eigenvalue weighted by Gasteiger charge is 2.43. The summed E-state index contributed by atoms with van der Waals surface area (Å²) in [5.41, 5.74) is 2.04. The first kappa shape index (κ1) is 17.5. The molecule has 1 heterocycles. The standard InChI is InChI=1S/C21H19N3O2S/c1-27(25,26)24-17-10-6-5-9-16(17)19-18(24)11-12-21(14-22,20(19)23)13-15-7-3-2-4-8-15/h2-10,23H,11-13H2,1H3/t21-/m1/s1. The van der Waals surface area contributed by atoms with Gasteiger partial charge >= 0.3 is 0 Å². The van der Waals surface area contributed by atoms with Crippen LogP contribution in [0.15, 0.2) is 54.6 Å². The van der Waals surface area contributed by atoms with Crippen molar-refractivity contribution in [1.82, 2.24) is 3.97 Å². The number of nitrogens with zero attached hydrogens (tertiary/aromatic N) is 2. The Kier molecular flexibility index (Phi) is 3.93. The van der Waals surface area contributed by atoms with Gasteiger partial charge in [0.05, 0.1) is 23.6 Å². The van der Waals surface area contributed by atoms with Crippen LogP contribution < -0.4 is 0 Å². The monoisotopic (exact) mass is 377 g/mol. The largest absolute Gasteiger partial charge is 0.303 e. The van der Waals surface area contributed by atoms with E-state index in [2.05, 4.69) is 6.07 Å². The van der Waals surface area contributed by atoms with Crippen molar-refractivity contribution in [3.8, 4) is 6.07 Å². The zero-order valence-corrected chi connectivity index (χ0v) is 15.8. The lowest BCUT2D eigenvalue weighted by molar-refractivity contribution is 0.478. The van der Waals surface area contributed by atoms with Crippen molar-refractivity contribution in [2.75, 3.05) is 6.26 Å². The highest BCUT2D eigenvalue weighted by molar-refractivity contribution is 7.89. The normalized spacial score (nSPS) is 19.6. The lowest BCUT2D eigenvalue weighted by Crippen LogP contribution is -2.37. The third kappa shape index (κ3) is 2.66.